The van der Waals surface area contributed by atoms with E-state index in [4.69, 9.17) is 4.52 Å². The summed E-state index contributed by atoms with van der Waals surface area (Å²) in [4.78, 5) is 30.4. The molecule has 3 rings (SSSR count). The molecule has 0 saturated carbocycles. The molecule has 1 aromatic carbocycles. The maximum absolute atomic E-state index is 13.2. The molecule has 31 heavy (non-hydrogen) atoms. The number of carbonyl (C=O) groups excluding carboxylic acids is 2. The lowest BCUT2D eigenvalue weighted by Gasteiger charge is -2.25. The van der Waals surface area contributed by atoms with Crippen molar-refractivity contribution in [3.63, 3.8) is 0 Å². The Labute approximate surface area is 178 Å². The van der Waals surface area contributed by atoms with Crippen molar-refractivity contribution in [2.24, 2.45) is 0 Å². The number of nitrogens with one attached hydrogen (secondary N) is 1. The Kier molecular flexibility index (Phi) is 6.97. The van der Waals surface area contributed by atoms with Crippen LogP contribution in [0.25, 0.3) is 0 Å². The third-order valence-electron chi connectivity index (χ3n) is 5.09. The number of carbonyl (C=O) groups is 2. The second kappa shape index (κ2) is 9.49. The maximum Gasteiger partial charge on any atom is 0.416 e. The van der Waals surface area contributed by atoms with Gasteiger partial charge in [-0.2, -0.15) is 18.2 Å². The van der Waals surface area contributed by atoms with E-state index >= 15 is 0 Å². The summed E-state index contributed by atoms with van der Waals surface area (Å²) in [6.45, 7) is 4.47. The van der Waals surface area contributed by atoms with Crippen LogP contribution in [0.5, 0.6) is 0 Å². The van der Waals surface area contributed by atoms with E-state index in [1.807, 2.05) is 13.8 Å². The second-order valence-corrected chi connectivity index (χ2v) is 7.89. The number of hydrogen-bond donors (Lipinski definition) is 1. The summed E-state index contributed by atoms with van der Waals surface area (Å²) in [7, 11) is 0. The molecule has 2 heterocycles. The van der Waals surface area contributed by atoms with Crippen molar-refractivity contribution in [1.82, 2.24) is 20.4 Å². The second-order valence-electron chi connectivity index (χ2n) is 7.89. The van der Waals surface area contributed by atoms with Crippen LogP contribution >= 0.6 is 0 Å². The molecule has 1 fully saturated rings. The molecule has 10 heteroatoms. The van der Waals surface area contributed by atoms with Gasteiger partial charge in [0.2, 0.25) is 17.7 Å². The van der Waals surface area contributed by atoms with Crippen molar-refractivity contribution in [2.45, 2.75) is 57.7 Å². The number of likely N-dealkylation sites (tertiary alicyclic amines) is 1. The zero-order valence-electron chi connectivity index (χ0n) is 17.4. The van der Waals surface area contributed by atoms with Gasteiger partial charge in [-0.15, -0.1) is 0 Å². The molecule has 1 N–H and O–H groups in total. The van der Waals surface area contributed by atoms with Crippen molar-refractivity contribution < 1.29 is 27.3 Å². The minimum Gasteiger partial charge on any atom is -0.347 e. The molecule has 0 bridgehead atoms. The highest BCUT2D eigenvalue weighted by Gasteiger charge is 2.32. The first-order valence-electron chi connectivity index (χ1n) is 10.2. The molecule has 1 aliphatic heterocycles. The Morgan fingerprint density at radius 1 is 1.32 bits per heavy atom. The Balaban J connectivity index is 1.71. The van der Waals surface area contributed by atoms with Crippen LogP contribution in [0.3, 0.4) is 0 Å². The van der Waals surface area contributed by atoms with Gasteiger partial charge in [0.25, 0.3) is 0 Å². The molecule has 0 radical (unpaired) electrons. The summed E-state index contributed by atoms with van der Waals surface area (Å²) in [5, 5.41) is 6.61. The average molecular weight is 438 g/mol. The van der Waals surface area contributed by atoms with Crippen LogP contribution < -0.4 is 5.32 Å². The van der Waals surface area contributed by atoms with Gasteiger partial charge in [0, 0.05) is 38.3 Å². The number of benzene rings is 1. The molecule has 2 amide bonds. The largest absolute Gasteiger partial charge is 0.416 e. The SMILES string of the molecule is CC(C)c1noc(CCC(=O)N[C@H](CN2CCCC2=O)c2cccc(C(F)(F)F)c2)n1. The third-order valence-corrected chi connectivity index (χ3v) is 5.09. The summed E-state index contributed by atoms with van der Waals surface area (Å²) in [6, 6.07) is 4.05. The Hall–Kier alpha value is -2.91. The number of rotatable bonds is 8. The lowest BCUT2D eigenvalue weighted by atomic mass is 10.0. The molecule has 0 unspecified atom stereocenters. The van der Waals surface area contributed by atoms with Crippen LogP contribution in [0, 0.1) is 0 Å². The number of nitrogens with zero attached hydrogens (tertiary/aromatic N) is 3. The minimum absolute atomic E-state index is 0.0309. The van der Waals surface area contributed by atoms with Crippen LogP contribution in [-0.2, 0) is 22.2 Å². The van der Waals surface area contributed by atoms with Gasteiger partial charge in [-0.1, -0.05) is 31.1 Å². The smallest absolute Gasteiger partial charge is 0.347 e. The first-order valence-corrected chi connectivity index (χ1v) is 10.2. The lowest BCUT2D eigenvalue weighted by molar-refractivity contribution is -0.137. The zero-order valence-corrected chi connectivity index (χ0v) is 17.4. The third kappa shape index (κ3) is 6.05. The quantitative estimate of drug-likeness (QED) is 0.680. The summed E-state index contributed by atoms with van der Waals surface area (Å²) in [5.41, 5.74) is -0.508. The van der Waals surface area contributed by atoms with E-state index in [1.165, 1.54) is 12.1 Å². The number of amides is 2. The van der Waals surface area contributed by atoms with E-state index in [0.717, 1.165) is 12.1 Å². The maximum atomic E-state index is 13.2. The number of aryl methyl sites for hydroxylation is 1. The van der Waals surface area contributed by atoms with E-state index in [2.05, 4.69) is 15.5 Å². The normalized spacial score (nSPS) is 15.5. The summed E-state index contributed by atoms with van der Waals surface area (Å²) < 4.78 is 44.6. The van der Waals surface area contributed by atoms with Crippen LogP contribution in [0.1, 0.15) is 67.9 Å². The van der Waals surface area contributed by atoms with Gasteiger partial charge in [0.1, 0.15) is 0 Å². The van der Waals surface area contributed by atoms with Gasteiger partial charge in [0.05, 0.1) is 11.6 Å². The Bertz CT molecular complexity index is 927. The predicted molar refractivity (Wildman–Crippen MR) is 105 cm³/mol. The average Bonchev–Trinajstić information content (AvgIpc) is 3.35. The molecule has 1 aliphatic rings. The molecule has 2 aromatic rings. The first kappa shape index (κ1) is 22.8. The number of aromatic nitrogens is 2. The van der Waals surface area contributed by atoms with Crippen LogP contribution in [0.4, 0.5) is 13.2 Å². The highest BCUT2D eigenvalue weighted by atomic mass is 19.4. The van der Waals surface area contributed by atoms with E-state index < -0.39 is 17.8 Å². The number of halogens is 3. The summed E-state index contributed by atoms with van der Waals surface area (Å²) >= 11 is 0. The fraction of sp³-hybridized carbons (Fsp3) is 0.524. The minimum atomic E-state index is -4.50. The molecule has 168 valence electrons. The zero-order chi connectivity index (χ0) is 22.6. The van der Waals surface area contributed by atoms with Gasteiger partial charge in [-0.05, 0) is 24.1 Å². The van der Waals surface area contributed by atoms with Crippen molar-refractivity contribution in [3.8, 4) is 0 Å². The molecule has 0 spiro atoms. The van der Waals surface area contributed by atoms with Crippen molar-refractivity contribution >= 4 is 11.8 Å². The highest BCUT2D eigenvalue weighted by molar-refractivity contribution is 5.79. The molecular formula is C21H25F3N4O3. The van der Waals surface area contributed by atoms with Gasteiger partial charge in [-0.25, -0.2) is 0 Å². The van der Waals surface area contributed by atoms with Gasteiger partial charge < -0.3 is 14.7 Å². The molecular weight excluding hydrogens is 413 g/mol. The first-order chi connectivity index (χ1) is 14.6. The lowest BCUT2D eigenvalue weighted by Crippen LogP contribution is -2.38. The standard InChI is InChI=1S/C21H25F3N4O3/c1-13(2)20-26-18(31-27-20)9-8-17(29)25-16(12-28-10-4-7-19(28)30)14-5-3-6-15(11-14)21(22,23)24/h3,5-6,11,13,16H,4,7-10,12H2,1-2H3,(H,25,29)/t16-/m1/s1. The van der Waals surface area contributed by atoms with Gasteiger partial charge in [0.15, 0.2) is 5.82 Å². The van der Waals surface area contributed by atoms with E-state index in [1.54, 1.807) is 4.90 Å². The van der Waals surface area contributed by atoms with Crippen LogP contribution in [0.15, 0.2) is 28.8 Å². The highest BCUT2D eigenvalue weighted by Crippen LogP contribution is 2.31. The predicted octanol–water partition coefficient (Wildman–Crippen LogP) is 3.62. The van der Waals surface area contributed by atoms with E-state index in [9.17, 15) is 22.8 Å². The van der Waals surface area contributed by atoms with Crippen LogP contribution in [0.2, 0.25) is 0 Å². The molecule has 1 saturated heterocycles. The molecule has 1 aromatic heterocycles. The Morgan fingerprint density at radius 3 is 2.71 bits per heavy atom. The molecule has 0 aliphatic carbocycles. The fourth-order valence-electron chi connectivity index (χ4n) is 3.37. The number of alkyl halides is 3. The van der Waals surface area contributed by atoms with Crippen molar-refractivity contribution in [3.05, 3.63) is 47.1 Å². The van der Waals surface area contributed by atoms with Gasteiger partial charge >= 0.3 is 6.18 Å². The van der Waals surface area contributed by atoms with Gasteiger partial charge in [-0.3, -0.25) is 9.59 Å². The molecule has 7 nitrogen and oxygen atoms in total. The topological polar surface area (TPSA) is 88.3 Å². The fourth-order valence-corrected chi connectivity index (χ4v) is 3.37. The molecule has 1 atom stereocenters. The van der Waals surface area contributed by atoms with Crippen molar-refractivity contribution in [2.75, 3.05) is 13.1 Å². The van der Waals surface area contributed by atoms with E-state index in [0.29, 0.717) is 36.7 Å². The number of hydrogen-bond acceptors (Lipinski definition) is 5. The van der Waals surface area contributed by atoms with Crippen molar-refractivity contribution in [1.29, 1.82) is 0 Å². The summed E-state index contributed by atoms with van der Waals surface area (Å²) in [5.74, 6) is 0.514. The Morgan fingerprint density at radius 2 is 2.10 bits per heavy atom. The summed E-state index contributed by atoms with van der Waals surface area (Å²) in [6.07, 6.45) is -3.16. The van der Waals surface area contributed by atoms with E-state index in [-0.39, 0.29) is 37.1 Å². The monoisotopic (exact) mass is 438 g/mol. The van der Waals surface area contributed by atoms with Crippen LogP contribution in [-0.4, -0.2) is 39.9 Å².